The molecule has 2 aromatic rings. The van der Waals surface area contributed by atoms with Crippen molar-refractivity contribution in [2.45, 2.75) is 59.2 Å². The molecule has 2 amide bonds. The van der Waals surface area contributed by atoms with Gasteiger partial charge in [0.25, 0.3) is 5.91 Å². The molecule has 0 radical (unpaired) electrons. The summed E-state index contributed by atoms with van der Waals surface area (Å²) in [7, 11) is 4.07. The number of carbonyl (C=O) groups is 2. The van der Waals surface area contributed by atoms with Crippen molar-refractivity contribution in [3.8, 4) is 0 Å². The first kappa shape index (κ1) is 24.6. The van der Waals surface area contributed by atoms with E-state index in [1.54, 1.807) is 0 Å². The van der Waals surface area contributed by atoms with Crippen molar-refractivity contribution < 1.29 is 9.59 Å². The third kappa shape index (κ3) is 7.51. The summed E-state index contributed by atoms with van der Waals surface area (Å²) in [6, 6.07) is 15.2. The first-order valence-corrected chi connectivity index (χ1v) is 10.9. The molecule has 1 atom stereocenters. The maximum absolute atomic E-state index is 12.8. The molecule has 0 aliphatic carbocycles. The number of amides is 2. The van der Waals surface area contributed by atoms with Gasteiger partial charge in [-0.3, -0.25) is 9.59 Å². The lowest BCUT2D eigenvalue weighted by Crippen LogP contribution is -2.49. The number of hydrogen-bond acceptors (Lipinski definition) is 3. The fourth-order valence-electron chi connectivity index (χ4n) is 3.31. The lowest BCUT2D eigenvalue weighted by Gasteiger charge is -2.22. The van der Waals surface area contributed by atoms with Crippen LogP contribution in [0.2, 0.25) is 0 Å². The molecule has 0 spiro atoms. The molecule has 31 heavy (non-hydrogen) atoms. The monoisotopic (exact) mass is 423 g/mol. The predicted molar refractivity (Wildman–Crippen MR) is 127 cm³/mol. The van der Waals surface area contributed by atoms with E-state index < -0.39 is 6.04 Å². The molecule has 5 nitrogen and oxygen atoms in total. The average molecular weight is 424 g/mol. The lowest BCUT2D eigenvalue weighted by molar-refractivity contribution is -0.124. The highest BCUT2D eigenvalue weighted by molar-refractivity contribution is 5.97. The van der Waals surface area contributed by atoms with Crippen LogP contribution in [0, 0.1) is 5.92 Å². The molecule has 0 aliphatic heterocycles. The Morgan fingerprint density at radius 1 is 0.903 bits per heavy atom. The molecule has 0 fully saturated rings. The molecule has 0 saturated heterocycles. The molecule has 168 valence electrons. The van der Waals surface area contributed by atoms with E-state index in [4.69, 9.17) is 0 Å². The Bertz CT molecular complexity index is 863. The van der Waals surface area contributed by atoms with Crippen LogP contribution in [-0.4, -0.2) is 36.9 Å². The number of carbonyl (C=O) groups excluding carboxylic acids is 2. The van der Waals surface area contributed by atoms with Crippen molar-refractivity contribution in [3.63, 3.8) is 0 Å². The molecule has 2 aromatic carbocycles. The molecule has 0 bridgehead atoms. The number of nitrogens with one attached hydrogen (secondary N) is 2. The zero-order chi connectivity index (χ0) is 23.2. The SMILES string of the molecule is CC(C)[C@H](NC(=O)c1ccc(C(C)(C)C)cc1)C(=O)NCc1ccc(CN(C)C)cc1. The highest BCUT2D eigenvalue weighted by Crippen LogP contribution is 2.22. The summed E-state index contributed by atoms with van der Waals surface area (Å²) in [4.78, 5) is 27.6. The first-order chi connectivity index (χ1) is 14.5. The van der Waals surface area contributed by atoms with Crippen molar-refractivity contribution in [2.75, 3.05) is 14.1 Å². The highest BCUT2D eigenvalue weighted by atomic mass is 16.2. The minimum absolute atomic E-state index is 0.0275. The van der Waals surface area contributed by atoms with Gasteiger partial charge in [-0.1, -0.05) is 71.0 Å². The lowest BCUT2D eigenvalue weighted by atomic mass is 9.86. The van der Waals surface area contributed by atoms with Crippen molar-refractivity contribution in [2.24, 2.45) is 5.92 Å². The summed E-state index contributed by atoms with van der Waals surface area (Å²) in [5.41, 5.74) is 4.01. The Balaban J connectivity index is 1.98. The fourth-order valence-corrected chi connectivity index (χ4v) is 3.31. The summed E-state index contributed by atoms with van der Waals surface area (Å²) in [6.07, 6.45) is 0. The third-order valence-corrected chi connectivity index (χ3v) is 5.24. The van der Waals surface area contributed by atoms with Gasteiger partial charge in [0.2, 0.25) is 5.91 Å². The number of hydrogen-bond donors (Lipinski definition) is 2. The van der Waals surface area contributed by atoms with Gasteiger partial charge in [0.1, 0.15) is 6.04 Å². The Hall–Kier alpha value is -2.66. The van der Waals surface area contributed by atoms with Gasteiger partial charge in [-0.25, -0.2) is 0 Å². The molecule has 0 saturated carbocycles. The van der Waals surface area contributed by atoms with Crippen LogP contribution in [-0.2, 0) is 23.3 Å². The standard InChI is InChI=1S/C26H37N3O2/c1-18(2)23(28-24(30)21-12-14-22(15-13-21)26(3,4)5)25(31)27-16-19-8-10-20(11-9-19)17-29(6)7/h8-15,18,23H,16-17H2,1-7H3,(H,27,31)(H,28,30)/t23-/m0/s1. The van der Waals surface area contributed by atoms with E-state index in [0.717, 1.165) is 12.1 Å². The van der Waals surface area contributed by atoms with E-state index in [9.17, 15) is 9.59 Å². The van der Waals surface area contributed by atoms with Crippen LogP contribution in [0.25, 0.3) is 0 Å². The van der Waals surface area contributed by atoms with Gasteiger partial charge in [0.05, 0.1) is 0 Å². The van der Waals surface area contributed by atoms with Gasteiger partial charge < -0.3 is 15.5 Å². The molecule has 2 rings (SSSR count). The number of rotatable bonds is 8. The van der Waals surface area contributed by atoms with Crippen molar-refractivity contribution >= 4 is 11.8 Å². The van der Waals surface area contributed by atoms with E-state index in [2.05, 4.69) is 48.4 Å². The summed E-state index contributed by atoms with van der Waals surface area (Å²) in [5, 5.41) is 5.86. The van der Waals surface area contributed by atoms with Crippen LogP contribution in [0.3, 0.4) is 0 Å². The Morgan fingerprint density at radius 3 is 1.94 bits per heavy atom. The van der Waals surface area contributed by atoms with Crippen LogP contribution in [0.15, 0.2) is 48.5 Å². The van der Waals surface area contributed by atoms with E-state index in [0.29, 0.717) is 12.1 Å². The maximum Gasteiger partial charge on any atom is 0.251 e. The van der Waals surface area contributed by atoms with Gasteiger partial charge in [-0.15, -0.1) is 0 Å². The summed E-state index contributed by atoms with van der Waals surface area (Å²) < 4.78 is 0. The smallest absolute Gasteiger partial charge is 0.251 e. The fraction of sp³-hybridized carbons (Fsp3) is 0.462. The molecule has 0 aliphatic rings. The van der Waals surface area contributed by atoms with Gasteiger partial charge in [0, 0.05) is 18.7 Å². The van der Waals surface area contributed by atoms with Crippen LogP contribution < -0.4 is 10.6 Å². The van der Waals surface area contributed by atoms with Crippen molar-refractivity contribution in [1.29, 1.82) is 0 Å². The highest BCUT2D eigenvalue weighted by Gasteiger charge is 2.24. The molecule has 0 aromatic heterocycles. The largest absolute Gasteiger partial charge is 0.350 e. The molecule has 0 unspecified atom stereocenters. The second-order valence-corrected chi connectivity index (χ2v) is 9.79. The Morgan fingerprint density at radius 2 is 1.45 bits per heavy atom. The zero-order valence-electron chi connectivity index (χ0n) is 20.0. The second kappa shape index (κ2) is 10.6. The predicted octanol–water partition coefficient (Wildman–Crippen LogP) is 4.12. The average Bonchev–Trinajstić information content (AvgIpc) is 2.70. The molecule has 5 heteroatoms. The summed E-state index contributed by atoms with van der Waals surface area (Å²) >= 11 is 0. The quantitative estimate of drug-likeness (QED) is 0.671. The summed E-state index contributed by atoms with van der Waals surface area (Å²) in [6.45, 7) is 11.6. The number of nitrogens with zero attached hydrogens (tertiary/aromatic N) is 1. The molecular formula is C26H37N3O2. The van der Waals surface area contributed by atoms with E-state index in [-0.39, 0.29) is 23.1 Å². The van der Waals surface area contributed by atoms with Crippen LogP contribution >= 0.6 is 0 Å². The Labute approximate surface area is 187 Å². The Kier molecular flexibility index (Phi) is 8.40. The summed E-state index contributed by atoms with van der Waals surface area (Å²) in [5.74, 6) is -0.436. The molecule has 0 heterocycles. The van der Waals surface area contributed by atoms with Crippen LogP contribution in [0.4, 0.5) is 0 Å². The van der Waals surface area contributed by atoms with Crippen LogP contribution in [0.5, 0.6) is 0 Å². The normalized spacial score (nSPS) is 12.7. The zero-order valence-corrected chi connectivity index (χ0v) is 20.0. The molecular weight excluding hydrogens is 386 g/mol. The van der Waals surface area contributed by atoms with Crippen molar-refractivity contribution in [3.05, 3.63) is 70.8 Å². The van der Waals surface area contributed by atoms with E-state index >= 15 is 0 Å². The van der Waals surface area contributed by atoms with E-state index in [1.165, 1.54) is 11.1 Å². The van der Waals surface area contributed by atoms with Crippen LogP contribution in [0.1, 0.15) is 61.7 Å². The number of benzene rings is 2. The minimum atomic E-state index is -0.595. The van der Waals surface area contributed by atoms with Gasteiger partial charge >= 0.3 is 0 Å². The van der Waals surface area contributed by atoms with Gasteiger partial charge in [0.15, 0.2) is 0 Å². The van der Waals surface area contributed by atoms with Crippen molar-refractivity contribution in [1.82, 2.24) is 15.5 Å². The minimum Gasteiger partial charge on any atom is -0.350 e. The first-order valence-electron chi connectivity index (χ1n) is 10.9. The van der Waals surface area contributed by atoms with Gasteiger partial charge in [-0.2, -0.15) is 0 Å². The third-order valence-electron chi connectivity index (χ3n) is 5.24. The maximum atomic E-state index is 12.8. The molecule has 2 N–H and O–H groups in total. The topological polar surface area (TPSA) is 61.4 Å². The van der Waals surface area contributed by atoms with E-state index in [1.807, 2.05) is 64.3 Å². The van der Waals surface area contributed by atoms with Gasteiger partial charge in [-0.05, 0) is 54.3 Å². The second-order valence-electron chi connectivity index (χ2n) is 9.79.